The molecule has 2 aromatic rings. The minimum atomic E-state index is -1.01. The van der Waals surface area contributed by atoms with Gasteiger partial charge in [-0.3, -0.25) is 14.4 Å². The third kappa shape index (κ3) is 11.2. The number of allylic oxidation sites excluding steroid dienone is 3. The molecule has 10 nitrogen and oxygen atoms in total. The summed E-state index contributed by atoms with van der Waals surface area (Å²) >= 11 is 0. The Hall–Kier alpha value is -4.57. The van der Waals surface area contributed by atoms with E-state index in [-0.39, 0.29) is 54.3 Å². The summed E-state index contributed by atoms with van der Waals surface area (Å²) in [4.78, 5) is 47.7. The van der Waals surface area contributed by atoms with E-state index in [4.69, 9.17) is 9.47 Å². The van der Waals surface area contributed by atoms with Gasteiger partial charge in [0.25, 0.3) is 0 Å². The van der Waals surface area contributed by atoms with Crippen LogP contribution < -0.4 is 31.9 Å². The number of esters is 2. The number of ketones is 1. The maximum absolute atomic E-state index is 13.7. The molecule has 5 N–H and O–H groups in total. The van der Waals surface area contributed by atoms with E-state index in [9.17, 15) is 19.5 Å². The molecule has 0 saturated carbocycles. The van der Waals surface area contributed by atoms with Gasteiger partial charge in [-0.1, -0.05) is 92.1 Å². The first kappa shape index (κ1) is 49.9. The number of H-pyrrole nitrogens is 2. The number of rotatable bonds is 20. The number of aliphatic hydroxyl groups is 1. The van der Waals surface area contributed by atoms with Crippen LogP contribution in [0.4, 0.5) is 0 Å². The van der Waals surface area contributed by atoms with Gasteiger partial charge in [-0.2, -0.15) is 0 Å². The van der Waals surface area contributed by atoms with Crippen LogP contribution in [0.25, 0.3) is 29.6 Å². The van der Waals surface area contributed by atoms with Gasteiger partial charge in [0.05, 0.1) is 17.8 Å². The zero-order chi connectivity index (χ0) is 47.3. The van der Waals surface area contributed by atoms with E-state index in [2.05, 4.69) is 94.2 Å². The lowest BCUT2D eigenvalue weighted by molar-refractivity contribution is -0.143. The number of aromatic amines is 2. The zero-order valence-electron chi connectivity index (χ0n) is 41.7. The zero-order valence-corrected chi connectivity index (χ0v) is 41.7. The lowest BCUT2D eigenvalue weighted by atomic mass is 9.79. The predicted molar refractivity (Wildman–Crippen MR) is 263 cm³/mol. The van der Waals surface area contributed by atoms with E-state index in [0.29, 0.717) is 28.1 Å². The summed E-state index contributed by atoms with van der Waals surface area (Å²) in [5.41, 5.74) is 8.31. The molecule has 3 aliphatic heterocycles. The van der Waals surface area contributed by atoms with Crippen LogP contribution in [0.3, 0.4) is 0 Å². The van der Waals surface area contributed by atoms with Crippen LogP contribution in [0.1, 0.15) is 167 Å². The molecule has 8 bridgehead atoms. The maximum atomic E-state index is 13.7. The first-order valence-corrected chi connectivity index (χ1v) is 24.9. The number of aliphatic hydroxyl groups excluding tert-OH is 1. The van der Waals surface area contributed by atoms with Crippen LogP contribution >= 0.6 is 0 Å². The highest BCUT2D eigenvalue weighted by Crippen LogP contribution is 2.41. The summed E-state index contributed by atoms with van der Waals surface area (Å²) < 4.78 is 11.2. The summed E-state index contributed by atoms with van der Waals surface area (Å²) in [5, 5.41) is 22.4. The number of hydrogen-bond donors (Lipinski definition) is 5. The molecule has 1 saturated heterocycles. The van der Waals surface area contributed by atoms with Crippen molar-refractivity contribution in [3.05, 3.63) is 72.3 Å². The Morgan fingerprint density at radius 2 is 1.55 bits per heavy atom. The van der Waals surface area contributed by atoms with Gasteiger partial charge in [-0.25, -0.2) is 0 Å². The maximum Gasteiger partial charge on any atom is 0.320 e. The molecule has 2 unspecified atom stereocenters. The highest BCUT2D eigenvalue weighted by molar-refractivity contribution is 5.97. The molecule has 0 amide bonds. The molecular weight excluding hydrogens is 813 g/mol. The van der Waals surface area contributed by atoms with E-state index < -0.39 is 17.9 Å². The largest absolute Gasteiger partial charge is 0.510 e. The molecule has 6 rings (SSSR count). The second-order valence-corrected chi connectivity index (χ2v) is 20.6. The number of fused-ring (bicyclic) bond motifs is 8. The van der Waals surface area contributed by atoms with E-state index in [0.717, 1.165) is 75.9 Å². The molecule has 1 fully saturated rings. The molecule has 8 atom stereocenters. The molecule has 65 heavy (non-hydrogen) atoms. The fraction of sp³-hybridized carbons (Fsp3) is 0.618. The Labute approximate surface area is 388 Å². The van der Waals surface area contributed by atoms with Crippen molar-refractivity contribution in [2.75, 3.05) is 13.7 Å². The number of aromatic nitrogens is 2. The van der Waals surface area contributed by atoms with E-state index in [1.54, 1.807) is 6.92 Å². The highest BCUT2D eigenvalue weighted by Gasteiger charge is 2.48. The van der Waals surface area contributed by atoms with Crippen LogP contribution in [0.2, 0.25) is 0 Å². The molecule has 2 aromatic heterocycles. The SMILES string of the molecule is CC[C@@H]1C(C)=C2/C=c3\[nH]/c(c(C)c3C(C)=O)=C\C3NC(C4=c5[nH]c(c(C)c5=C(O)[C@@H]4C(=O)OC)/C=C/1N2)[C@@H](CCC(=O)OC/C=C(\C)CCC[C@H](C)CCC[C@H](C)CCCC(C)C)[C@@H]3C. The molecule has 4 aliphatic rings. The second-order valence-electron chi connectivity index (χ2n) is 20.6. The van der Waals surface area contributed by atoms with Gasteiger partial charge in [-0.15, -0.1) is 0 Å². The monoisotopic (exact) mass is 893 g/mol. The normalized spacial score (nSPS) is 25.4. The quantitative estimate of drug-likeness (QED) is 0.0505. The third-order valence-corrected chi connectivity index (χ3v) is 15.3. The molecule has 1 aliphatic carbocycles. The summed E-state index contributed by atoms with van der Waals surface area (Å²) in [6.45, 7) is 23.8. The summed E-state index contributed by atoms with van der Waals surface area (Å²) in [7, 11) is 1.35. The van der Waals surface area contributed by atoms with Crippen molar-refractivity contribution in [2.45, 2.75) is 165 Å². The lowest BCUT2D eigenvalue weighted by Crippen LogP contribution is -2.39. The van der Waals surface area contributed by atoms with Crippen molar-refractivity contribution in [2.24, 2.45) is 41.4 Å². The van der Waals surface area contributed by atoms with Gasteiger partial charge in [0.1, 0.15) is 18.3 Å². The lowest BCUT2D eigenvalue weighted by Gasteiger charge is -2.26. The Bertz CT molecular complexity index is 2440. The number of carbonyl (C=O) groups is 3. The number of carbonyl (C=O) groups excluding carboxylic acids is 3. The molecule has 10 heteroatoms. The van der Waals surface area contributed by atoms with Gasteiger partial charge < -0.3 is 35.2 Å². The molecule has 5 heterocycles. The molecule has 0 radical (unpaired) electrons. The van der Waals surface area contributed by atoms with Crippen molar-refractivity contribution in [1.29, 1.82) is 0 Å². The van der Waals surface area contributed by atoms with E-state index in [1.807, 2.05) is 19.9 Å². The third-order valence-electron chi connectivity index (χ3n) is 15.3. The number of ether oxygens (including phenoxy) is 2. The number of methoxy groups -OCH3 is 1. The predicted octanol–water partition coefficient (Wildman–Crippen LogP) is 8.60. The minimum absolute atomic E-state index is 0.00961. The fourth-order valence-corrected chi connectivity index (χ4v) is 11.3. The number of hydrogen-bond acceptors (Lipinski definition) is 8. The fourth-order valence-electron chi connectivity index (χ4n) is 11.3. The van der Waals surface area contributed by atoms with Gasteiger partial charge in [-0.05, 0) is 136 Å². The standard InChI is InChI=1S/C55H80N4O6/c1-13-39-34(7)41-29-46-48(38(11)60)36(9)43(57-46)27-42-35(8)40(52(58-42)50-51(55(63)64-12)54(62)49-37(10)44(59-53(49)50)28-45(39)56-41)23-24-47(61)65-26-25-33(6)22-16-21-32(5)20-15-19-31(4)18-14-17-30(2)3/h25,27-32,35,39-40,42,51-52,56-59,62H,13-24,26H2,1-12H3/b33-25+,43-27-,45-28-,46-29-/t31-,32-,35+,39-,40+,42?,51-,52?/m1/s1. The Morgan fingerprint density at radius 3 is 2.20 bits per heavy atom. The summed E-state index contributed by atoms with van der Waals surface area (Å²) in [6.07, 6.45) is 21.2. The first-order valence-electron chi connectivity index (χ1n) is 24.9. The van der Waals surface area contributed by atoms with Gasteiger partial charge in [0.15, 0.2) is 5.78 Å². The highest BCUT2D eigenvalue weighted by atomic mass is 16.5. The summed E-state index contributed by atoms with van der Waals surface area (Å²) in [6, 6.07) is -0.609. The molecule has 0 spiro atoms. The van der Waals surface area contributed by atoms with Gasteiger partial charge in [0.2, 0.25) is 0 Å². The van der Waals surface area contributed by atoms with Crippen LogP contribution in [0.5, 0.6) is 0 Å². The van der Waals surface area contributed by atoms with Crippen LogP contribution in [-0.2, 0) is 19.1 Å². The van der Waals surface area contributed by atoms with Crippen LogP contribution in [0.15, 0.2) is 28.6 Å². The van der Waals surface area contributed by atoms with Crippen molar-refractivity contribution in [3.63, 3.8) is 0 Å². The number of Topliss-reactive ketones (excluding diaryl/α,β-unsaturated/α-hetero) is 1. The molecule has 356 valence electrons. The minimum Gasteiger partial charge on any atom is -0.510 e. The van der Waals surface area contributed by atoms with Gasteiger partial charge >= 0.3 is 11.9 Å². The van der Waals surface area contributed by atoms with Crippen molar-refractivity contribution in [3.8, 4) is 0 Å². The van der Waals surface area contributed by atoms with Crippen LogP contribution in [-0.4, -0.2) is 58.6 Å². The van der Waals surface area contributed by atoms with E-state index >= 15 is 0 Å². The Kier molecular flexibility index (Phi) is 16.7. The van der Waals surface area contributed by atoms with Gasteiger partial charge in [0, 0.05) is 57.6 Å². The average Bonchev–Trinajstić information content (AvgIpc) is 4.00. The Balaban J connectivity index is 1.21. The number of nitrogens with one attached hydrogen (secondary N) is 4. The van der Waals surface area contributed by atoms with Crippen molar-refractivity contribution in [1.82, 2.24) is 20.6 Å². The molecule has 0 aromatic carbocycles. The van der Waals surface area contributed by atoms with E-state index in [1.165, 1.54) is 63.2 Å². The topological polar surface area (TPSA) is 146 Å². The first-order chi connectivity index (χ1) is 30.9. The van der Waals surface area contributed by atoms with Crippen LogP contribution in [0, 0.1) is 55.3 Å². The van der Waals surface area contributed by atoms with Crippen molar-refractivity contribution >= 4 is 47.3 Å². The molecular formula is C55H80N4O6. The summed E-state index contributed by atoms with van der Waals surface area (Å²) in [5.74, 6) is 0.470. The van der Waals surface area contributed by atoms with Crippen molar-refractivity contribution < 1.29 is 29.0 Å². The smallest absolute Gasteiger partial charge is 0.320 e. The average molecular weight is 893 g/mol. The Morgan fingerprint density at radius 1 is 0.877 bits per heavy atom. The second kappa shape index (κ2) is 21.8.